The predicted molar refractivity (Wildman–Crippen MR) is 65.0 cm³/mol. The Hall–Kier alpha value is -0.470. The van der Waals surface area contributed by atoms with Crippen molar-refractivity contribution in [2.45, 2.75) is 12.3 Å². The average Bonchev–Trinajstić information content (AvgIpc) is 2.15. The summed E-state index contributed by atoms with van der Waals surface area (Å²) in [4.78, 5) is 0. The lowest BCUT2D eigenvalue weighted by molar-refractivity contribution is 0.414. The molecule has 0 saturated heterocycles. The minimum absolute atomic E-state index is 0.0454. The molecule has 3 heteroatoms. The Morgan fingerprint density at radius 2 is 2.21 bits per heavy atom. The molecule has 1 rings (SSSR count). The zero-order chi connectivity index (χ0) is 10.6. The molecule has 1 aromatic rings. The normalized spacial score (nSPS) is 13.1. The van der Waals surface area contributed by atoms with Crippen LogP contribution < -0.4 is 4.74 Å². The number of halogens is 2. The Morgan fingerprint density at radius 3 is 2.71 bits per heavy atom. The van der Waals surface area contributed by atoms with Crippen molar-refractivity contribution in [1.82, 2.24) is 0 Å². The number of allylic oxidation sites excluding steroid dienone is 1. The summed E-state index contributed by atoms with van der Waals surface area (Å²) in [5.74, 6) is 0.841. The number of benzene rings is 1. The van der Waals surface area contributed by atoms with Gasteiger partial charge in [0.2, 0.25) is 0 Å². The van der Waals surface area contributed by atoms with Gasteiger partial charge >= 0.3 is 0 Å². The van der Waals surface area contributed by atoms with Crippen LogP contribution in [0.2, 0.25) is 0 Å². The molecule has 0 fully saturated rings. The summed E-state index contributed by atoms with van der Waals surface area (Å²) in [6.45, 7) is 1.93. The first-order valence-electron chi connectivity index (χ1n) is 4.29. The van der Waals surface area contributed by atoms with Gasteiger partial charge in [0.1, 0.15) is 5.75 Å². The minimum atomic E-state index is 0.0454. The summed E-state index contributed by atoms with van der Waals surface area (Å²) < 4.78 is 6.10. The van der Waals surface area contributed by atoms with Crippen LogP contribution in [0.15, 0.2) is 28.7 Å². The molecule has 14 heavy (non-hydrogen) atoms. The van der Waals surface area contributed by atoms with Crippen molar-refractivity contribution in [3.05, 3.63) is 34.3 Å². The van der Waals surface area contributed by atoms with Crippen molar-refractivity contribution in [3.63, 3.8) is 0 Å². The van der Waals surface area contributed by atoms with Crippen molar-refractivity contribution < 1.29 is 4.74 Å². The van der Waals surface area contributed by atoms with E-state index in [1.165, 1.54) is 0 Å². The predicted octanol–water partition coefficient (Wildman–Crippen LogP) is 4.10. The smallest absolute Gasteiger partial charge is 0.120 e. The number of ether oxygens (including phenoxy) is 1. The van der Waals surface area contributed by atoms with Gasteiger partial charge < -0.3 is 4.74 Å². The van der Waals surface area contributed by atoms with Gasteiger partial charge in [0, 0.05) is 9.85 Å². The number of hydrogen-bond donors (Lipinski definition) is 0. The monoisotopic (exact) mass is 274 g/mol. The van der Waals surface area contributed by atoms with E-state index < -0.39 is 0 Å². The number of alkyl halides is 1. The fraction of sp³-hybridized carbons (Fsp3) is 0.273. The highest BCUT2D eigenvalue weighted by atomic mass is 79.9. The van der Waals surface area contributed by atoms with Gasteiger partial charge in [0.25, 0.3) is 0 Å². The minimum Gasteiger partial charge on any atom is -0.497 e. The molecule has 76 valence electrons. The Kier molecular flexibility index (Phi) is 4.49. The Labute approximate surface area is 97.9 Å². The van der Waals surface area contributed by atoms with Gasteiger partial charge in [-0.15, -0.1) is 11.6 Å². The van der Waals surface area contributed by atoms with E-state index in [1.807, 2.05) is 37.3 Å². The molecule has 1 unspecified atom stereocenters. The van der Waals surface area contributed by atoms with Crippen LogP contribution in [0.4, 0.5) is 0 Å². The molecule has 0 radical (unpaired) electrons. The highest BCUT2D eigenvalue weighted by Gasteiger charge is 1.98. The maximum atomic E-state index is 5.81. The molecule has 0 heterocycles. The van der Waals surface area contributed by atoms with Gasteiger partial charge in [-0.3, -0.25) is 0 Å². The van der Waals surface area contributed by atoms with Gasteiger partial charge in [-0.2, -0.15) is 0 Å². The molecule has 0 aliphatic rings. The molecule has 0 amide bonds. The van der Waals surface area contributed by atoms with Crippen molar-refractivity contribution in [3.8, 4) is 5.75 Å². The molecule has 0 bridgehead atoms. The number of hydrogen-bond acceptors (Lipinski definition) is 1. The lowest BCUT2D eigenvalue weighted by Crippen LogP contribution is -1.85. The summed E-state index contributed by atoms with van der Waals surface area (Å²) in [5, 5.41) is 0.0454. The largest absolute Gasteiger partial charge is 0.497 e. The number of methoxy groups -OCH3 is 1. The van der Waals surface area contributed by atoms with Crippen LogP contribution in [0.1, 0.15) is 12.5 Å². The highest BCUT2D eigenvalue weighted by molar-refractivity contribution is 9.10. The van der Waals surface area contributed by atoms with Crippen molar-refractivity contribution >= 4 is 33.6 Å². The number of rotatable bonds is 3. The van der Waals surface area contributed by atoms with Crippen LogP contribution in [-0.4, -0.2) is 12.5 Å². The van der Waals surface area contributed by atoms with Crippen molar-refractivity contribution in [2.75, 3.05) is 7.11 Å². The lowest BCUT2D eigenvalue weighted by Gasteiger charge is -2.03. The average molecular weight is 276 g/mol. The zero-order valence-electron chi connectivity index (χ0n) is 8.13. The summed E-state index contributed by atoms with van der Waals surface area (Å²) >= 11 is 9.28. The summed E-state index contributed by atoms with van der Waals surface area (Å²) in [7, 11) is 1.65. The van der Waals surface area contributed by atoms with E-state index in [0.29, 0.717) is 0 Å². The maximum absolute atomic E-state index is 5.81. The van der Waals surface area contributed by atoms with Crippen LogP contribution in [0.3, 0.4) is 0 Å². The van der Waals surface area contributed by atoms with Crippen LogP contribution in [0.5, 0.6) is 5.75 Å². The molecule has 1 nitrogen and oxygen atoms in total. The van der Waals surface area contributed by atoms with Gasteiger partial charge in [-0.05, 0) is 24.6 Å². The molecule has 0 saturated carbocycles. The first kappa shape index (κ1) is 11.6. The van der Waals surface area contributed by atoms with E-state index in [0.717, 1.165) is 15.8 Å². The molecule has 0 aliphatic heterocycles. The Bertz CT molecular complexity index is 334. The quantitative estimate of drug-likeness (QED) is 0.755. The van der Waals surface area contributed by atoms with E-state index in [-0.39, 0.29) is 5.38 Å². The van der Waals surface area contributed by atoms with Crippen molar-refractivity contribution in [1.29, 1.82) is 0 Å². The van der Waals surface area contributed by atoms with Gasteiger partial charge in [0.05, 0.1) is 7.11 Å². The second-order valence-corrected chi connectivity index (χ2v) is 4.47. The summed E-state index contributed by atoms with van der Waals surface area (Å²) in [5.41, 5.74) is 1.10. The van der Waals surface area contributed by atoms with Gasteiger partial charge in [-0.1, -0.05) is 34.1 Å². The van der Waals surface area contributed by atoms with Crippen LogP contribution >= 0.6 is 27.5 Å². The fourth-order valence-corrected chi connectivity index (χ4v) is 1.57. The van der Waals surface area contributed by atoms with Crippen LogP contribution in [-0.2, 0) is 0 Å². The first-order valence-corrected chi connectivity index (χ1v) is 5.52. The second-order valence-electron chi connectivity index (χ2n) is 2.92. The second kappa shape index (κ2) is 5.42. The Morgan fingerprint density at radius 1 is 1.50 bits per heavy atom. The van der Waals surface area contributed by atoms with E-state index in [1.54, 1.807) is 7.11 Å². The standard InChI is InChI=1S/C11H12BrClO/c1-8(13)3-4-9-5-6-10(14-2)7-11(9)12/h3-8H,1-2H3/b4-3+. The maximum Gasteiger partial charge on any atom is 0.120 e. The molecular weight excluding hydrogens is 263 g/mol. The van der Waals surface area contributed by atoms with E-state index in [2.05, 4.69) is 15.9 Å². The van der Waals surface area contributed by atoms with Gasteiger partial charge in [-0.25, -0.2) is 0 Å². The Balaban J connectivity index is 2.89. The van der Waals surface area contributed by atoms with E-state index in [4.69, 9.17) is 16.3 Å². The molecule has 0 aliphatic carbocycles. The molecular formula is C11H12BrClO. The molecule has 0 N–H and O–H groups in total. The topological polar surface area (TPSA) is 9.23 Å². The third-order valence-electron chi connectivity index (χ3n) is 1.75. The van der Waals surface area contributed by atoms with E-state index in [9.17, 15) is 0 Å². The first-order chi connectivity index (χ1) is 6.63. The van der Waals surface area contributed by atoms with Crippen LogP contribution in [0, 0.1) is 0 Å². The molecule has 0 aromatic heterocycles. The third-order valence-corrected chi connectivity index (χ3v) is 2.58. The summed E-state index contributed by atoms with van der Waals surface area (Å²) in [6.07, 6.45) is 3.93. The molecule has 1 atom stereocenters. The van der Waals surface area contributed by atoms with E-state index >= 15 is 0 Å². The molecule has 1 aromatic carbocycles. The zero-order valence-corrected chi connectivity index (χ0v) is 10.5. The molecule has 0 spiro atoms. The van der Waals surface area contributed by atoms with Crippen molar-refractivity contribution in [2.24, 2.45) is 0 Å². The van der Waals surface area contributed by atoms with Gasteiger partial charge in [0.15, 0.2) is 0 Å². The summed E-state index contributed by atoms with van der Waals surface area (Å²) in [6, 6.07) is 5.83. The third kappa shape index (κ3) is 3.35. The fourth-order valence-electron chi connectivity index (χ4n) is 1.01. The van der Waals surface area contributed by atoms with Crippen LogP contribution in [0.25, 0.3) is 6.08 Å². The SMILES string of the molecule is COc1ccc(/C=C/C(C)Cl)c(Br)c1. The highest BCUT2D eigenvalue weighted by Crippen LogP contribution is 2.24. The lowest BCUT2D eigenvalue weighted by atomic mass is 10.2.